The molecule has 17 heavy (non-hydrogen) atoms. The van der Waals surface area contributed by atoms with Crippen LogP contribution in [0.25, 0.3) is 11.0 Å². The van der Waals surface area contributed by atoms with Gasteiger partial charge in [0.25, 0.3) is 0 Å². The smallest absolute Gasteiger partial charge is 0.342 e. The lowest BCUT2D eigenvalue weighted by Crippen LogP contribution is -2.06. The number of hydrogen-bond donors (Lipinski definition) is 0. The standard InChI is InChI=1S/C12H10O5/c1-15-9-5-4-8-7(3-6-10(13)17-8)11(9)12(14)16-2/h3-6H,1-2H3. The van der Waals surface area contributed by atoms with Gasteiger partial charge in [0.15, 0.2) is 0 Å². The summed E-state index contributed by atoms with van der Waals surface area (Å²) in [7, 11) is 2.73. The Kier molecular flexibility index (Phi) is 2.82. The molecule has 0 N–H and O–H groups in total. The molecule has 2 aromatic rings. The summed E-state index contributed by atoms with van der Waals surface area (Å²) in [6, 6.07) is 5.88. The zero-order valence-electron chi connectivity index (χ0n) is 9.35. The number of hydrogen-bond acceptors (Lipinski definition) is 5. The van der Waals surface area contributed by atoms with Gasteiger partial charge in [0.05, 0.1) is 14.2 Å². The third kappa shape index (κ3) is 1.87. The number of rotatable bonds is 2. The highest BCUT2D eigenvalue weighted by Gasteiger charge is 2.17. The van der Waals surface area contributed by atoms with Crippen LogP contribution in [0.3, 0.4) is 0 Å². The zero-order chi connectivity index (χ0) is 12.4. The zero-order valence-corrected chi connectivity index (χ0v) is 9.35. The Balaban J connectivity index is 2.83. The van der Waals surface area contributed by atoms with E-state index in [0.717, 1.165) is 0 Å². The Hall–Kier alpha value is -2.30. The minimum Gasteiger partial charge on any atom is -0.496 e. The molecule has 1 aromatic heterocycles. The molecule has 0 saturated heterocycles. The van der Waals surface area contributed by atoms with Crippen LogP contribution >= 0.6 is 0 Å². The van der Waals surface area contributed by atoms with E-state index >= 15 is 0 Å². The molecule has 0 fully saturated rings. The van der Waals surface area contributed by atoms with Gasteiger partial charge in [-0.3, -0.25) is 0 Å². The maximum absolute atomic E-state index is 11.7. The number of benzene rings is 1. The quantitative estimate of drug-likeness (QED) is 0.583. The number of methoxy groups -OCH3 is 2. The van der Waals surface area contributed by atoms with Crippen molar-refractivity contribution in [3.05, 3.63) is 40.2 Å². The number of ether oxygens (including phenoxy) is 2. The van der Waals surface area contributed by atoms with Gasteiger partial charge in [0.2, 0.25) is 0 Å². The fourth-order valence-corrected chi connectivity index (χ4v) is 1.61. The van der Waals surface area contributed by atoms with Crippen molar-refractivity contribution < 1.29 is 18.7 Å². The minimum atomic E-state index is -0.540. The van der Waals surface area contributed by atoms with E-state index in [1.807, 2.05) is 0 Å². The molecule has 0 bridgehead atoms. The van der Waals surface area contributed by atoms with Crippen LogP contribution in [0.4, 0.5) is 0 Å². The summed E-state index contributed by atoms with van der Waals surface area (Å²) in [5.74, 6) is -0.167. The van der Waals surface area contributed by atoms with Crippen LogP contribution in [-0.2, 0) is 4.74 Å². The molecule has 2 rings (SSSR count). The molecule has 5 nitrogen and oxygen atoms in total. The van der Waals surface area contributed by atoms with Crippen LogP contribution in [0, 0.1) is 0 Å². The highest BCUT2D eigenvalue weighted by Crippen LogP contribution is 2.27. The fourth-order valence-electron chi connectivity index (χ4n) is 1.61. The molecule has 0 atom stereocenters. The van der Waals surface area contributed by atoms with Gasteiger partial charge in [0, 0.05) is 11.5 Å². The van der Waals surface area contributed by atoms with Crippen LogP contribution in [0.15, 0.2) is 33.5 Å². The normalized spacial score (nSPS) is 10.2. The summed E-state index contributed by atoms with van der Waals surface area (Å²) >= 11 is 0. The second-order valence-corrected chi connectivity index (χ2v) is 3.30. The fraction of sp³-hybridized carbons (Fsp3) is 0.167. The first-order chi connectivity index (χ1) is 8.17. The Morgan fingerprint density at radius 2 is 1.94 bits per heavy atom. The highest BCUT2D eigenvalue weighted by atomic mass is 16.5. The van der Waals surface area contributed by atoms with Crippen molar-refractivity contribution in [3.63, 3.8) is 0 Å². The van der Waals surface area contributed by atoms with Crippen LogP contribution in [0.5, 0.6) is 5.75 Å². The largest absolute Gasteiger partial charge is 0.496 e. The summed E-state index contributed by atoms with van der Waals surface area (Å²) in [4.78, 5) is 22.7. The Morgan fingerprint density at radius 3 is 2.59 bits per heavy atom. The van der Waals surface area contributed by atoms with E-state index in [-0.39, 0.29) is 5.56 Å². The van der Waals surface area contributed by atoms with E-state index in [9.17, 15) is 9.59 Å². The molecule has 88 valence electrons. The second kappa shape index (κ2) is 4.29. The second-order valence-electron chi connectivity index (χ2n) is 3.30. The molecule has 0 aliphatic rings. The molecule has 0 aliphatic carbocycles. The van der Waals surface area contributed by atoms with Gasteiger partial charge in [-0.05, 0) is 18.2 Å². The predicted octanol–water partition coefficient (Wildman–Crippen LogP) is 1.59. The molecule has 0 saturated carbocycles. The molecule has 0 aliphatic heterocycles. The van der Waals surface area contributed by atoms with Crippen LogP contribution < -0.4 is 10.4 Å². The van der Waals surface area contributed by atoms with Crippen molar-refractivity contribution in [2.75, 3.05) is 14.2 Å². The molecular weight excluding hydrogens is 224 g/mol. The van der Waals surface area contributed by atoms with E-state index in [0.29, 0.717) is 16.7 Å². The van der Waals surface area contributed by atoms with Crippen LogP contribution in [0.2, 0.25) is 0 Å². The molecular formula is C12H10O5. The van der Waals surface area contributed by atoms with Gasteiger partial charge in [-0.2, -0.15) is 0 Å². The highest BCUT2D eigenvalue weighted by molar-refractivity contribution is 6.05. The van der Waals surface area contributed by atoms with Gasteiger partial charge >= 0.3 is 11.6 Å². The van der Waals surface area contributed by atoms with E-state index < -0.39 is 11.6 Å². The lowest BCUT2D eigenvalue weighted by molar-refractivity contribution is 0.0599. The van der Waals surface area contributed by atoms with Gasteiger partial charge < -0.3 is 13.9 Å². The minimum absolute atomic E-state index is 0.247. The topological polar surface area (TPSA) is 65.7 Å². The average molecular weight is 234 g/mol. The number of carbonyl (C=O) groups is 1. The van der Waals surface area contributed by atoms with Gasteiger partial charge in [0.1, 0.15) is 16.9 Å². The summed E-state index contributed by atoms with van der Waals surface area (Å²) in [6.45, 7) is 0. The maximum atomic E-state index is 11.7. The van der Waals surface area contributed by atoms with E-state index in [4.69, 9.17) is 9.15 Å². The number of carbonyl (C=O) groups excluding carboxylic acids is 1. The predicted molar refractivity (Wildman–Crippen MR) is 60.4 cm³/mol. The van der Waals surface area contributed by atoms with Crippen molar-refractivity contribution >= 4 is 16.9 Å². The summed E-state index contributed by atoms with van der Waals surface area (Å²) in [5, 5.41) is 0.482. The van der Waals surface area contributed by atoms with E-state index in [1.54, 1.807) is 12.1 Å². The Labute approximate surface area is 96.6 Å². The molecule has 1 aromatic carbocycles. The summed E-state index contributed by atoms with van der Waals surface area (Å²) in [6.07, 6.45) is 0. The van der Waals surface area contributed by atoms with E-state index in [1.165, 1.54) is 26.4 Å². The molecule has 0 amide bonds. The Bertz CT molecular complexity index is 626. The first-order valence-corrected chi connectivity index (χ1v) is 4.86. The third-order valence-corrected chi connectivity index (χ3v) is 2.37. The molecule has 0 unspecified atom stereocenters. The van der Waals surface area contributed by atoms with Gasteiger partial charge in [-0.1, -0.05) is 0 Å². The monoisotopic (exact) mass is 234 g/mol. The van der Waals surface area contributed by atoms with Crippen molar-refractivity contribution in [3.8, 4) is 5.75 Å². The third-order valence-electron chi connectivity index (χ3n) is 2.37. The van der Waals surface area contributed by atoms with Crippen molar-refractivity contribution in [1.82, 2.24) is 0 Å². The SMILES string of the molecule is COC(=O)c1c(OC)ccc2oc(=O)ccc12. The van der Waals surface area contributed by atoms with Crippen LogP contribution in [0.1, 0.15) is 10.4 Å². The lowest BCUT2D eigenvalue weighted by Gasteiger charge is -2.08. The van der Waals surface area contributed by atoms with Gasteiger partial charge in [-0.15, -0.1) is 0 Å². The van der Waals surface area contributed by atoms with E-state index in [2.05, 4.69) is 4.74 Å². The number of esters is 1. The molecule has 5 heteroatoms. The van der Waals surface area contributed by atoms with Crippen molar-refractivity contribution in [2.24, 2.45) is 0 Å². The lowest BCUT2D eigenvalue weighted by atomic mass is 10.1. The summed E-state index contributed by atoms with van der Waals surface area (Å²) in [5.41, 5.74) is 0.0911. The Morgan fingerprint density at radius 1 is 1.18 bits per heavy atom. The first kappa shape index (κ1) is 11.2. The first-order valence-electron chi connectivity index (χ1n) is 4.86. The summed E-state index contributed by atoms with van der Waals surface area (Å²) < 4.78 is 14.7. The van der Waals surface area contributed by atoms with Gasteiger partial charge in [-0.25, -0.2) is 9.59 Å². The average Bonchev–Trinajstić information content (AvgIpc) is 2.36. The molecule has 0 radical (unpaired) electrons. The maximum Gasteiger partial charge on any atom is 0.342 e. The van der Waals surface area contributed by atoms with Crippen molar-refractivity contribution in [2.45, 2.75) is 0 Å². The molecule has 1 heterocycles. The molecule has 0 spiro atoms. The van der Waals surface area contributed by atoms with Crippen molar-refractivity contribution in [1.29, 1.82) is 0 Å². The number of fused-ring (bicyclic) bond motifs is 1. The van der Waals surface area contributed by atoms with Crippen LogP contribution in [-0.4, -0.2) is 20.2 Å².